The Bertz CT molecular complexity index is 481. The third kappa shape index (κ3) is 3.60. The van der Waals surface area contributed by atoms with E-state index < -0.39 is 5.91 Å². The van der Waals surface area contributed by atoms with Crippen molar-refractivity contribution in [3.8, 4) is 6.07 Å². The minimum atomic E-state index is -0.733. The molecule has 0 saturated heterocycles. The fourth-order valence-corrected chi connectivity index (χ4v) is 1.13. The first-order chi connectivity index (χ1) is 7.63. The fraction of sp³-hybridized carbons (Fsp3) is 0. The van der Waals surface area contributed by atoms with Crippen molar-refractivity contribution >= 4 is 23.6 Å². The summed E-state index contributed by atoms with van der Waals surface area (Å²) in [5, 5.41) is 9.21. The molecule has 0 spiro atoms. The van der Waals surface area contributed by atoms with Crippen LogP contribution in [0.15, 0.2) is 42.0 Å². The summed E-state index contributed by atoms with van der Waals surface area (Å²) in [5.74, 6) is -0.733. The first-order valence-corrected chi connectivity index (χ1v) is 4.85. The molecule has 1 aromatic carbocycles. The molecule has 4 heteroatoms. The summed E-state index contributed by atoms with van der Waals surface area (Å²) in [6.45, 7) is 0. The molecule has 1 rings (SSSR count). The monoisotopic (exact) mass is 232 g/mol. The smallest absolute Gasteiger partial charge is 0.259 e. The van der Waals surface area contributed by atoms with Crippen LogP contribution < -0.4 is 5.73 Å². The molecule has 0 bridgehead atoms. The molecule has 0 aliphatic rings. The zero-order valence-electron chi connectivity index (χ0n) is 8.35. The Kier molecular flexibility index (Phi) is 4.31. The number of halogens is 1. The van der Waals surface area contributed by atoms with Crippen LogP contribution in [0.3, 0.4) is 0 Å². The number of hydrogen-bond acceptors (Lipinski definition) is 2. The second-order valence-electron chi connectivity index (χ2n) is 2.97. The van der Waals surface area contributed by atoms with Crippen LogP contribution in [-0.2, 0) is 4.79 Å². The van der Waals surface area contributed by atoms with Crippen molar-refractivity contribution in [2.75, 3.05) is 0 Å². The molecule has 0 radical (unpaired) electrons. The van der Waals surface area contributed by atoms with Crippen molar-refractivity contribution in [3.63, 3.8) is 0 Å². The highest BCUT2D eigenvalue weighted by molar-refractivity contribution is 6.30. The van der Waals surface area contributed by atoms with Gasteiger partial charge in [-0.25, -0.2) is 0 Å². The van der Waals surface area contributed by atoms with Gasteiger partial charge in [-0.05, 0) is 23.8 Å². The van der Waals surface area contributed by atoms with Crippen LogP contribution in [0.25, 0.3) is 6.08 Å². The average molecular weight is 233 g/mol. The summed E-state index contributed by atoms with van der Waals surface area (Å²) in [6.07, 6.45) is 4.71. The van der Waals surface area contributed by atoms with Gasteiger partial charge in [0.1, 0.15) is 11.6 Å². The number of primary amides is 1. The van der Waals surface area contributed by atoms with Crippen LogP contribution in [0.1, 0.15) is 5.56 Å². The van der Waals surface area contributed by atoms with Gasteiger partial charge in [-0.3, -0.25) is 4.79 Å². The van der Waals surface area contributed by atoms with Gasteiger partial charge in [-0.1, -0.05) is 35.9 Å². The van der Waals surface area contributed by atoms with E-state index in [0.717, 1.165) is 5.56 Å². The van der Waals surface area contributed by atoms with Crippen LogP contribution >= 0.6 is 11.6 Å². The Labute approximate surface area is 98.4 Å². The van der Waals surface area contributed by atoms with Crippen LogP contribution in [0.5, 0.6) is 0 Å². The van der Waals surface area contributed by atoms with Gasteiger partial charge < -0.3 is 5.73 Å². The van der Waals surface area contributed by atoms with E-state index in [1.165, 1.54) is 6.08 Å². The van der Waals surface area contributed by atoms with E-state index in [-0.39, 0.29) is 5.57 Å². The SMILES string of the molecule is N#C/C(=C\C=C\c1ccc(Cl)cc1)C(N)=O. The van der Waals surface area contributed by atoms with E-state index in [1.807, 2.05) is 12.1 Å². The summed E-state index contributed by atoms with van der Waals surface area (Å²) in [5.41, 5.74) is 5.81. The van der Waals surface area contributed by atoms with Gasteiger partial charge in [0, 0.05) is 5.02 Å². The number of nitriles is 1. The molecule has 1 aromatic rings. The number of allylic oxidation sites excluding steroid dienone is 2. The summed E-state index contributed by atoms with van der Waals surface area (Å²) in [4.78, 5) is 10.7. The number of benzene rings is 1. The lowest BCUT2D eigenvalue weighted by atomic mass is 10.2. The molecular formula is C12H9ClN2O. The lowest BCUT2D eigenvalue weighted by Crippen LogP contribution is -2.12. The molecule has 0 aliphatic heterocycles. The normalized spacial score (nSPS) is 11.4. The summed E-state index contributed by atoms with van der Waals surface area (Å²) < 4.78 is 0. The minimum absolute atomic E-state index is 0.0785. The summed E-state index contributed by atoms with van der Waals surface area (Å²) >= 11 is 5.72. The van der Waals surface area contributed by atoms with Crippen LogP contribution in [-0.4, -0.2) is 5.91 Å². The second kappa shape index (κ2) is 5.74. The minimum Gasteiger partial charge on any atom is -0.365 e. The Morgan fingerprint density at radius 1 is 1.38 bits per heavy atom. The fourth-order valence-electron chi connectivity index (χ4n) is 1.00. The van der Waals surface area contributed by atoms with Crippen LogP contribution in [0.4, 0.5) is 0 Å². The lowest BCUT2D eigenvalue weighted by molar-refractivity contribution is -0.114. The summed E-state index contributed by atoms with van der Waals surface area (Å²) in [7, 11) is 0. The number of amides is 1. The van der Waals surface area contributed by atoms with Gasteiger partial charge in [-0.15, -0.1) is 0 Å². The molecule has 80 valence electrons. The van der Waals surface area contributed by atoms with E-state index in [1.54, 1.807) is 30.4 Å². The van der Waals surface area contributed by atoms with E-state index in [0.29, 0.717) is 5.02 Å². The maximum absolute atomic E-state index is 10.7. The Morgan fingerprint density at radius 3 is 2.50 bits per heavy atom. The lowest BCUT2D eigenvalue weighted by Gasteiger charge is -1.92. The molecule has 0 aromatic heterocycles. The third-order valence-corrected chi connectivity index (χ3v) is 2.06. The predicted molar refractivity (Wildman–Crippen MR) is 63.4 cm³/mol. The van der Waals surface area contributed by atoms with Crippen molar-refractivity contribution < 1.29 is 4.79 Å². The topological polar surface area (TPSA) is 66.9 Å². The second-order valence-corrected chi connectivity index (χ2v) is 3.40. The van der Waals surface area contributed by atoms with Crippen molar-refractivity contribution in [3.05, 3.63) is 52.6 Å². The zero-order chi connectivity index (χ0) is 12.0. The molecule has 0 atom stereocenters. The first kappa shape index (κ1) is 12.0. The van der Waals surface area contributed by atoms with Crippen molar-refractivity contribution in [2.45, 2.75) is 0 Å². The largest absolute Gasteiger partial charge is 0.365 e. The van der Waals surface area contributed by atoms with E-state index >= 15 is 0 Å². The summed E-state index contributed by atoms with van der Waals surface area (Å²) in [6, 6.07) is 8.86. The Morgan fingerprint density at radius 2 is 2.00 bits per heavy atom. The van der Waals surface area contributed by atoms with Gasteiger partial charge in [0.25, 0.3) is 5.91 Å². The molecule has 16 heavy (non-hydrogen) atoms. The van der Waals surface area contributed by atoms with Crippen molar-refractivity contribution in [2.24, 2.45) is 5.73 Å². The molecule has 0 fully saturated rings. The van der Waals surface area contributed by atoms with Crippen LogP contribution in [0, 0.1) is 11.3 Å². The maximum Gasteiger partial charge on any atom is 0.259 e. The number of carbonyl (C=O) groups excluding carboxylic acids is 1. The van der Waals surface area contributed by atoms with Gasteiger partial charge in [0.05, 0.1) is 0 Å². The highest BCUT2D eigenvalue weighted by atomic mass is 35.5. The van der Waals surface area contributed by atoms with Gasteiger partial charge >= 0.3 is 0 Å². The molecule has 1 amide bonds. The number of nitrogens with two attached hydrogens (primary N) is 1. The Hall–Kier alpha value is -2.05. The molecule has 0 saturated carbocycles. The van der Waals surface area contributed by atoms with E-state index in [9.17, 15) is 4.79 Å². The van der Waals surface area contributed by atoms with Gasteiger partial charge in [-0.2, -0.15) is 5.26 Å². The molecular weight excluding hydrogens is 224 g/mol. The molecule has 3 nitrogen and oxygen atoms in total. The maximum atomic E-state index is 10.7. The van der Waals surface area contributed by atoms with Crippen molar-refractivity contribution in [1.29, 1.82) is 5.26 Å². The predicted octanol–water partition coefficient (Wildman–Crippen LogP) is 2.29. The highest BCUT2D eigenvalue weighted by Gasteiger charge is 1.99. The van der Waals surface area contributed by atoms with Crippen LogP contribution in [0.2, 0.25) is 5.02 Å². The zero-order valence-corrected chi connectivity index (χ0v) is 9.11. The number of rotatable bonds is 3. The third-order valence-electron chi connectivity index (χ3n) is 1.81. The molecule has 0 aliphatic carbocycles. The Balaban J connectivity index is 2.79. The number of hydrogen-bond donors (Lipinski definition) is 1. The molecule has 2 N–H and O–H groups in total. The van der Waals surface area contributed by atoms with Gasteiger partial charge in [0.15, 0.2) is 0 Å². The number of carbonyl (C=O) groups is 1. The molecule has 0 unspecified atom stereocenters. The van der Waals surface area contributed by atoms with E-state index in [2.05, 4.69) is 0 Å². The van der Waals surface area contributed by atoms with Gasteiger partial charge in [0.2, 0.25) is 0 Å². The first-order valence-electron chi connectivity index (χ1n) is 4.47. The standard InChI is InChI=1S/C12H9ClN2O/c13-11-6-4-9(5-7-11)2-1-3-10(8-14)12(15)16/h1-7H,(H2,15,16)/b2-1+,10-3+. The highest BCUT2D eigenvalue weighted by Crippen LogP contribution is 2.10. The molecule has 0 heterocycles. The number of nitrogens with zero attached hydrogens (tertiary/aromatic N) is 1. The van der Waals surface area contributed by atoms with Crippen molar-refractivity contribution in [1.82, 2.24) is 0 Å². The average Bonchev–Trinajstić information content (AvgIpc) is 2.26. The quantitative estimate of drug-likeness (QED) is 0.494. The van der Waals surface area contributed by atoms with E-state index in [4.69, 9.17) is 22.6 Å².